The van der Waals surface area contributed by atoms with Crippen LogP contribution < -0.4 is 20.7 Å². The van der Waals surface area contributed by atoms with Gasteiger partial charge in [0.15, 0.2) is 0 Å². The Morgan fingerprint density at radius 2 is 1.87 bits per heavy atom. The van der Waals surface area contributed by atoms with Gasteiger partial charge in [0, 0.05) is 43.3 Å². The van der Waals surface area contributed by atoms with Crippen molar-refractivity contribution in [3.8, 4) is 5.75 Å². The van der Waals surface area contributed by atoms with Gasteiger partial charge in [0.05, 0.1) is 5.52 Å². The molecule has 0 radical (unpaired) electrons. The zero-order chi connectivity index (χ0) is 21.5. The highest BCUT2D eigenvalue weighted by Crippen LogP contribution is 2.31. The van der Waals surface area contributed by atoms with E-state index in [4.69, 9.17) is 10.7 Å². The largest absolute Gasteiger partial charge is 0.435 e. The third-order valence-electron chi connectivity index (χ3n) is 5.02. The molecule has 5 nitrogen and oxygen atoms in total. The molecule has 1 aromatic heterocycles. The minimum Gasteiger partial charge on any atom is -0.435 e. The van der Waals surface area contributed by atoms with Crippen molar-refractivity contribution in [2.75, 3.05) is 29.9 Å². The van der Waals surface area contributed by atoms with E-state index in [1.54, 1.807) is 12.1 Å². The molecule has 0 amide bonds. The monoisotopic (exact) mass is 414 g/mol. The summed E-state index contributed by atoms with van der Waals surface area (Å²) in [5, 5.41) is 4.01. The number of hydrogen-bond donors (Lipinski definition) is 2. The number of pyridine rings is 1. The molecule has 0 aliphatic rings. The van der Waals surface area contributed by atoms with Gasteiger partial charge in [-0.3, -0.25) is 0 Å². The van der Waals surface area contributed by atoms with Crippen molar-refractivity contribution in [3.63, 3.8) is 0 Å². The Balaban J connectivity index is 2.01. The molecule has 3 N–H and O–H groups in total. The Kier molecular flexibility index (Phi) is 7.41. The minimum atomic E-state index is -2.87. The third-order valence-corrected chi connectivity index (χ3v) is 5.02. The van der Waals surface area contributed by atoms with E-state index in [9.17, 15) is 8.78 Å². The molecule has 0 aliphatic carbocycles. The van der Waals surface area contributed by atoms with Crippen LogP contribution in [0.3, 0.4) is 0 Å². The number of aromatic nitrogens is 1. The number of rotatable bonds is 10. The van der Waals surface area contributed by atoms with Gasteiger partial charge in [-0.1, -0.05) is 31.2 Å². The normalized spacial score (nSPS) is 11.1. The molecule has 3 aromatic rings. The van der Waals surface area contributed by atoms with Gasteiger partial charge in [0.25, 0.3) is 0 Å². The molecule has 160 valence electrons. The number of alkyl halides is 2. The van der Waals surface area contributed by atoms with Crippen molar-refractivity contribution in [2.45, 2.75) is 33.4 Å². The third kappa shape index (κ3) is 5.16. The Hall–Kier alpha value is -2.93. The molecule has 0 bridgehead atoms. The lowest BCUT2D eigenvalue weighted by atomic mass is 10.0. The summed E-state index contributed by atoms with van der Waals surface area (Å²) in [5.41, 5.74) is 9.74. The van der Waals surface area contributed by atoms with E-state index in [-0.39, 0.29) is 5.75 Å². The number of aryl methyl sites for hydroxylation is 1. The maximum absolute atomic E-state index is 12.6. The Labute approximate surface area is 175 Å². The van der Waals surface area contributed by atoms with E-state index >= 15 is 0 Å². The molecular formula is C23H28F2N4O. The van der Waals surface area contributed by atoms with Crippen LogP contribution >= 0.6 is 0 Å². The maximum Gasteiger partial charge on any atom is 0.387 e. The highest BCUT2D eigenvalue weighted by molar-refractivity contribution is 5.94. The number of hydrogen-bond acceptors (Lipinski definition) is 5. The van der Waals surface area contributed by atoms with E-state index in [1.807, 2.05) is 6.07 Å². The molecule has 0 saturated heterocycles. The van der Waals surface area contributed by atoms with Crippen LogP contribution in [0.15, 0.2) is 48.5 Å². The summed E-state index contributed by atoms with van der Waals surface area (Å²) in [7, 11) is 0. The van der Waals surface area contributed by atoms with Gasteiger partial charge in [0.1, 0.15) is 11.6 Å². The van der Waals surface area contributed by atoms with Gasteiger partial charge in [-0.25, -0.2) is 4.98 Å². The number of anilines is 2. The van der Waals surface area contributed by atoms with Gasteiger partial charge >= 0.3 is 6.61 Å². The average Bonchev–Trinajstić information content (AvgIpc) is 2.75. The van der Waals surface area contributed by atoms with Crippen LogP contribution in [0.1, 0.15) is 25.0 Å². The summed E-state index contributed by atoms with van der Waals surface area (Å²) in [6.45, 7) is 3.90. The molecule has 0 fully saturated rings. The summed E-state index contributed by atoms with van der Waals surface area (Å²) in [6, 6.07) is 15.1. The molecule has 3 rings (SSSR count). The Bertz CT molecular complexity index is 981. The molecular weight excluding hydrogens is 386 g/mol. The fourth-order valence-electron chi connectivity index (χ4n) is 3.50. The van der Waals surface area contributed by atoms with E-state index in [2.05, 4.69) is 53.1 Å². The first-order valence-corrected chi connectivity index (χ1v) is 10.2. The van der Waals surface area contributed by atoms with Crippen molar-refractivity contribution >= 4 is 22.4 Å². The number of nitrogens with zero attached hydrogens (tertiary/aromatic N) is 2. The molecule has 0 saturated carbocycles. The van der Waals surface area contributed by atoms with Gasteiger partial charge in [0.2, 0.25) is 0 Å². The molecule has 0 atom stereocenters. The van der Waals surface area contributed by atoms with E-state index in [0.717, 1.165) is 36.4 Å². The van der Waals surface area contributed by atoms with Crippen LogP contribution in [0, 0.1) is 0 Å². The topological polar surface area (TPSA) is 63.4 Å². The highest BCUT2D eigenvalue weighted by Gasteiger charge is 2.14. The minimum absolute atomic E-state index is 0.104. The summed E-state index contributed by atoms with van der Waals surface area (Å²) < 4.78 is 29.8. The Morgan fingerprint density at radius 3 is 2.53 bits per heavy atom. The van der Waals surface area contributed by atoms with Crippen LogP contribution in [0.25, 0.3) is 10.9 Å². The number of benzene rings is 2. The van der Waals surface area contributed by atoms with Crippen LogP contribution in [0.5, 0.6) is 5.75 Å². The summed E-state index contributed by atoms with van der Waals surface area (Å²) in [6.07, 6.45) is 0.967. The van der Waals surface area contributed by atoms with Crippen molar-refractivity contribution in [1.82, 2.24) is 4.98 Å². The first kappa shape index (κ1) is 21.8. The highest BCUT2D eigenvalue weighted by atomic mass is 19.3. The second kappa shape index (κ2) is 10.2. The number of nitrogens with one attached hydrogen (secondary N) is 1. The number of nitrogens with two attached hydrogens (primary N) is 1. The SMILES string of the molecule is CCc1ccccc1CN(CC)c1cc(NCCN)c2cc(OC(F)F)ccc2n1. The predicted octanol–water partition coefficient (Wildman–Crippen LogP) is 4.80. The maximum atomic E-state index is 12.6. The second-order valence-corrected chi connectivity index (χ2v) is 6.94. The van der Waals surface area contributed by atoms with Crippen LogP contribution in [-0.2, 0) is 13.0 Å². The Morgan fingerprint density at radius 1 is 1.10 bits per heavy atom. The van der Waals surface area contributed by atoms with Gasteiger partial charge in [-0.15, -0.1) is 0 Å². The first-order chi connectivity index (χ1) is 14.5. The van der Waals surface area contributed by atoms with Crippen molar-refractivity contribution in [1.29, 1.82) is 0 Å². The van der Waals surface area contributed by atoms with Crippen LogP contribution in [0.4, 0.5) is 20.3 Å². The summed E-state index contributed by atoms with van der Waals surface area (Å²) >= 11 is 0. The van der Waals surface area contributed by atoms with Crippen LogP contribution in [0.2, 0.25) is 0 Å². The van der Waals surface area contributed by atoms with E-state index in [1.165, 1.54) is 17.2 Å². The van der Waals surface area contributed by atoms with Gasteiger partial charge in [-0.05, 0) is 42.7 Å². The summed E-state index contributed by atoms with van der Waals surface area (Å²) in [5.74, 6) is 0.921. The predicted molar refractivity (Wildman–Crippen MR) is 118 cm³/mol. The summed E-state index contributed by atoms with van der Waals surface area (Å²) in [4.78, 5) is 7.00. The number of ether oxygens (including phenoxy) is 1. The molecule has 0 aliphatic heterocycles. The molecule has 0 spiro atoms. The fourth-order valence-corrected chi connectivity index (χ4v) is 3.50. The first-order valence-electron chi connectivity index (χ1n) is 10.2. The molecule has 0 unspecified atom stereocenters. The van der Waals surface area contributed by atoms with Crippen LogP contribution in [-0.4, -0.2) is 31.2 Å². The lowest BCUT2D eigenvalue weighted by Crippen LogP contribution is -2.24. The second-order valence-electron chi connectivity index (χ2n) is 6.94. The van der Waals surface area contributed by atoms with Gasteiger partial charge in [-0.2, -0.15) is 8.78 Å². The zero-order valence-corrected chi connectivity index (χ0v) is 17.4. The number of halogens is 2. The molecule has 30 heavy (non-hydrogen) atoms. The van der Waals surface area contributed by atoms with E-state index < -0.39 is 6.61 Å². The molecule has 7 heteroatoms. The number of fused-ring (bicyclic) bond motifs is 1. The average molecular weight is 415 g/mol. The lowest BCUT2D eigenvalue weighted by molar-refractivity contribution is -0.0497. The molecule has 1 heterocycles. The lowest BCUT2D eigenvalue weighted by Gasteiger charge is -2.25. The standard InChI is InChI=1S/C23H28F2N4O/c1-3-16-7-5-6-8-17(16)15-29(4-2)22-14-21(27-12-11-26)19-13-18(30-23(24)25)9-10-20(19)28-22/h5-10,13-14,23H,3-4,11-12,15,26H2,1-2H3,(H,27,28). The van der Waals surface area contributed by atoms with Crippen molar-refractivity contribution in [3.05, 3.63) is 59.7 Å². The zero-order valence-electron chi connectivity index (χ0n) is 17.4. The fraction of sp³-hybridized carbons (Fsp3) is 0.348. The molecule has 2 aromatic carbocycles. The van der Waals surface area contributed by atoms with E-state index in [0.29, 0.717) is 18.6 Å². The quantitative estimate of drug-likeness (QED) is 0.499. The van der Waals surface area contributed by atoms with Crippen molar-refractivity contribution in [2.24, 2.45) is 5.73 Å². The smallest absolute Gasteiger partial charge is 0.387 e. The van der Waals surface area contributed by atoms with Crippen molar-refractivity contribution < 1.29 is 13.5 Å². The van der Waals surface area contributed by atoms with Gasteiger partial charge < -0.3 is 20.7 Å².